The highest BCUT2D eigenvalue weighted by molar-refractivity contribution is 5.57. The first-order valence-electron chi connectivity index (χ1n) is 8.60. The average molecular weight is 363 g/mol. The number of nitrogens with zero attached hydrogens (tertiary/aromatic N) is 1. The molecule has 2 N–H and O–H groups in total. The Hall–Kier alpha value is -3.02. The van der Waals surface area contributed by atoms with Gasteiger partial charge < -0.3 is 10.2 Å². The van der Waals surface area contributed by atoms with Gasteiger partial charge in [0.2, 0.25) is 0 Å². The standard InChI is InChI=1S/C22H21NO4/c1-21(24,16-10-5-3-6-11-16)18-14-9-15-19(20(18)23(26)27)22(2,25)17-12-7-4-8-13-17/h3-15,24-25H,1-2H3. The summed E-state index contributed by atoms with van der Waals surface area (Å²) in [7, 11) is 0. The van der Waals surface area contributed by atoms with Crippen molar-refractivity contribution in [3.63, 3.8) is 0 Å². The number of hydrogen-bond donors (Lipinski definition) is 2. The molecule has 0 saturated carbocycles. The number of hydrogen-bond acceptors (Lipinski definition) is 4. The summed E-state index contributed by atoms with van der Waals surface area (Å²) in [5, 5.41) is 34.3. The summed E-state index contributed by atoms with van der Waals surface area (Å²) in [5.41, 5.74) is -2.15. The second kappa shape index (κ2) is 6.95. The van der Waals surface area contributed by atoms with Crippen LogP contribution in [0.2, 0.25) is 0 Å². The zero-order valence-electron chi connectivity index (χ0n) is 15.2. The Morgan fingerprint density at radius 2 is 1.07 bits per heavy atom. The van der Waals surface area contributed by atoms with Crippen molar-refractivity contribution < 1.29 is 15.1 Å². The molecule has 0 amide bonds. The van der Waals surface area contributed by atoms with Gasteiger partial charge in [-0.3, -0.25) is 10.1 Å². The lowest BCUT2D eigenvalue weighted by atomic mass is 9.81. The molecule has 0 aromatic heterocycles. The Morgan fingerprint density at radius 1 is 0.704 bits per heavy atom. The maximum atomic E-state index is 12.0. The first-order valence-corrected chi connectivity index (χ1v) is 8.60. The van der Waals surface area contributed by atoms with E-state index in [1.807, 2.05) is 12.1 Å². The van der Waals surface area contributed by atoms with Crippen molar-refractivity contribution in [1.82, 2.24) is 0 Å². The van der Waals surface area contributed by atoms with Crippen LogP contribution in [0.3, 0.4) is 0 Å². The van der Waals surface area contributed by atoms with E-state index >= 15 is 0 Å². The summed E-state index contributed by atoms with van der Waals surface area (Å²) in [6, 6.07) is 22.2. The number of nitro benzene ring substituents is 1. The van der Waals surface area contributed by atoms with Gasteiger partial charge in [-0.15, -0.1) is 0 Å². The average Bonchev–Trinajstić information content (AvgIpc) is 2.68. The summed E-state index contributed by atoms with van der Waals surface area (Å²) in [6.45, 7) is 3.04. The van der Waals surface area contributed by atoms with Gasteiger partial charge in [0.25, 0.3) is 5.69 Å². The number of aliphatic hydroxyl groups is 2. The molecule has 0 radical (unpaired) electrons. The Bertz CT molecular complexity index is 881. The van der Waals surface area contributed by atoms with E-state index in [4.69, 9.17) is 0 Å². The topological polar surface area (TPSA) is 83.6 Å². The second-order valence-electron chi connectivity index (χ2n) is 6.84. The van der Waals surface area contributed by atoms with Crippen molar-refractivity contribution in [3.05, 3.63) is 111 Å². The van der Waals surface area contributed by atoms with Gasteiger partial charge in [-0.25, -0.2) is 0 Å². The van der Waals surface area contributed by atoms with E-state index in [9.17, 15) is 20.3 Å². The first kappa shape index (κ1) is 18.8. The first-order chi connectivity index (χ1) is 12.8. The van der Waals surface area contributed by atoms with Gasteiger partial charge in [0, 0.05) is 0 Å². The zero-order chi connectivity index (χ0) is 19.7. The van der Waals surface area contributed by atoms with Crippen molar-refractivity contribution in [3.8, 4) is 0 Å². The van der Waals surface area contributed by atoms with Gasteiger partial charge in [-0.05, 0) is 37.1 Å². The fourth-order valence-corrected chi connectivity index (χ4v) is 3.36. The van der Waals surface area contributed by atoms with Crippen LogP contribution in [0.1, 0.15) is 36.1 Å². The highest BCUT2D eigenvalue weighted by atomic mass is 16.6. The molecule has 2 atom stereocenters. The molecular weight excluding hydrogens is 342 g/mol. The molecule has 5 nitrogen and oxygen atoms in total. The number of rotatable bonds is 5. The minimum Gasteiger partial charge on any atom is -0.380 e. The predicted molar refractivity (Wildman–Crippen MR) is 103 cm³/mol. The van der Waals surface area contributed by atoms with E-state index in [1.165, 1.54) is 26.0 Å². The molecular formula is C22H21NO4. The quantitative estimate of drug-likeness (QED) is 0.528. The molecule has 0 aliphatic carbocycles. The highest BCUT2D eigenvalue weighted by Crippen LogP contribution is 2.42. The van der Waals surface area contributed by atoms with E-state index < -0.39 is 16.1 Å². The summed E-state index contributed by atoms with van der Waals surface area (Å²) in [6.07, 6.45) is 0. The molecule has 5 heteroatoms. The minimum atomic E-state index is -1.59. The van der Waals surface area contributed by atoms with Crippen molar-refractivity contribution in [2.45, 2.75) is 25.0 Å². The van der Waals surface area contributed by atoms with E-state index in [0.29, 0.717) is 11.1 Å². The Labute approximate surface area is 157 Å². The Kier molecular flexibility index (Phi) is 4.83. The van der Waals surface area contributed by atoms with Crippen LogP contribution in [-0.4, -0.2) is 15.1 Å². The maximum Gasteiger partial charge on any atom is 0.282 e. The molecule has 3 aromatic carbocycles. The second-order valence-corrected chi connectivity index (χ2v) is 6.84. The lowest BCUT2D eigenvalue weighted by molar-refractivity contribution is -0.388. The van der Waals surface area contributed by atoms with E-state index in [2.05, 4.69) is 0 Å². The van der Waals surface area contributed by atoms with Crippen LogP contribution in [0.25, 0.3) is 0 Å². The molecule has 2 unspecified atom stereocenters. The van der Waals surface area contributed by atoms with Gasteiger partial charge in [-0.1, -0.05) is 66.7 Å². The van der Waals surface area contributed by atoms with Gasteiger partial charge >= 0.3 is 0 Å². The molecule has 138 valence electrons. The molecule has 0 spiro atoms. The zero-order valence-corrected chi connectivity index (χ0v) is 15.2. The fourth-order valence-electron chi connectivity index (χ4n) is 3.36. The SMILES string of the molecule is CC(O)(c1ccccc1)c1cccc(C(C)(O)c2ccccc2)c1[N+](=O)[O-]. The van der Waals surface area contributed by atoms with Crippen LogP contribution < -0.4 is 0 Å². The van der Waals surface area contributed by atoms with Gasteiger partial charge in [-0.2, -0.15) is 0 Å². The monoisotopic (exact) mass is 363 g/mol. The van der Waals surface area contributed by atoms with E-state index in [1.54, 1.807) is 54.6 Å². The smallest absolute Gasteiger partial charge is 0.282 e. The molecule has 0 aliphatic rings. The molecule has 3 aromatic rings. The largest absolute Gasteiger partial charge is 0.380 e. The van der Waals surface area contributed by atoms with E-state index in [-0.39, 0.29) is 16.8 Å². The van der Waals surface area contributed by atoms with Crippen LogP contribution >= 0.6 is 0 Å². The van der Waals surface area contributed by atoms with Crippen molar-refractivity contribution >= 4 is 5.69 Å². The molecule has 0 fully saturated rings. The molecule has 0 heterocycles. The Morgan fingerprint density at radius 3 is 1.41 bits per heavy atom. The third-order valence-corrected chi connectivity index (χ3v) is 4.94. The summed E-state index contributed by atoms with van der Waals surface area (Å²) < 4.78 is 0. The van der Waals surface area contributed by atoms with Crippen molar-refractivity contribution in [2.24, 2.45) is 0 Å². The van der Waals surface area contributed by atoms with Crippen LogP contribution in [-0.2, 0) is 11.2 Å². The number of benzene rings is 3. The predicted octanol–water partition coefficient (Wildman–Crippen LogP) is 4.11. The fraction of sp³-hybridized carbons (Fsp3) is 0.182. The maximum absolute atomic E-state index is 12.0. The van der Waals surface area contributed by atoms with Crippen molar-refractivity contribution in [2.75, 3.05) is 0 Å². The third-order valence-electron chi connectivity index (χ3n) is 4.94. The van der Waals surface area contributed by atoms with Gasteiger partial charge in [0.05, 0.1) is 16.1 Å². The van der Waals surface area contributed by atoms with Crippen LogP contribution in [0.15, 0.2) is 78.9 Å². The van der Waals surface area contributed by atoms with Gasteiger partial charge in [0.15, 0.2) is 0 Å². The lowest BCUT2D eigenvalue weighted by Gasteiger charge is -2.29. The lowest BCUT2D eigenvalue weighted by Crippen LogP contribution is -2.28. The minimum absolute atomic E-state index is 0.132. The van der Waals surface area contributed by atoms with Crippen LogP contribution in [0.4, 0.5) is 5.69 Å². The Balaban J connectivity index is 2.25. The van der Waals surface area contributed by atoms with Crippen LogP contribution in [0, 0.1) is 10.1 Å². The van der Waals surface area contributed by atoms with Crippen LogP contribution in [0.5, 0.6) is 0 Å². The highest BCUT2D eigenvalue weighted by Gasteiger charge is 2.40. The number of para-hydroxylation sites is 1. The van der Waals surface area contributed by atoms with E-state index in [0.717, 1.165) is 0 Å². The molecule has 3 rings (SSSR count). The summed E-state index contributed by atoms with van der Waals surface area (Å²) in [5.74, 6) is 0. The molecule has 0 bridgehead atoms. The summed E-state index contributed by atoms with van der Waals surface area (Å²) in [4.78, 5) is 11.4. The molecule has 0 aliphatic heterocycles. The molecule has 0 saturated heterocycles. The normalized spacial score (nSPS) is 15.6. The summed E-state index contributed by atoms with van der Waals surface area (Å²) >= 11 is 0. The van der Waals surface area contributed by atoms with Crippen molar-refractivity contribution in [1.29, 1.82) is 0 Å². The number of nitro groups is 1. The molecule has 27 heavy (non-hydrogen) atoms. The third kappa shape index (κ3) is 3.35. The van der Waals surface area contributed by atoms with Gasteiger partial charge in [0.1, 0.15) is 11.2 Å².